The molecule has 2 rings (SSSR count). The van der Waals surface area contributed by atoms with Crippen molar-refractivity contribution in [3.8, 4) is 11.3 Å². The molecule has 0 aliphatic carbocycles. The van der Waals surface area contributed by atoms with Gasteiger partial charge in [-0.3, -0.25) is 4.98 Å². The number of benzene rings is 1. The molecule has 0 spiro atoms. The predicted molar refractivity (Wildman–Crippen MR) is 62.6 cm³/mol. The van der Waals surface area contributed by atoms with E-state index in [0.29, 0.717) is 18.1 Å². The molecule has 2 N–H and O–H groups in total. The van der Waals surface area contributed by atoms with Gasteiger partial charge in [0.2, 0.25) is 0 Å². The minimum Gasteiger partial charge on any atom is -0.382 e. The Hall–Kier alpha value is -1.94. The summed E-state index contributed by atoms with van der Waals surface area (Å²) >= 11 is 0. The van der Waals surface area contributed by atoms with Gasteiger partial charge in [-0.15, -0.1) is 0 Å². The van der Waals surface area contributed by atoms with E-state index in [-0.39, 0.29) is 0 Å². The molecule has 0 amide bonds. The SMILES string of the molecule is COCc1ccccc1-c1nccnc1N. The second-order valence-corrected chi connectivity index (χ2v) is 3.38. The maximum absolute atomic E-state index is 5.80. The molecule has 0 aliphatic heterocycles. The average molecular weight is 215 g/mol. The summed E-state index contributed by atoms with van der Waals surface area (Å²) in [5, 5.41) is 0. The molecule has 0 saturated heterocycles. The van der Waals surface area contributed by atoms with Crippen LogP contribution >= 0.6 is 0 Å². The van der Waals surface area contributed by atoms with Gasteiger partial charge in [0.1, 0.15) is 11.5 Å². The summed E-state index contributed by atoms with van der Waals surface area (Å²) in [6.07, 6.45) is 3.22. The lowest BCUT2D eigenvalue weighted by molar-refractivity contribution is 0.185. The molecule has 0 saturated carbocycles. The normalized spacial score (nSPS) is 10.3. The number of rotatable bonds is 3. The van der Waals surface area contributed by atoms with Crippen molar-refractivity contribution in [2.45, 2.75) is 6.61 Å². The number of nitrogens with zero attached hydrogens (tertiary/aromatic N) is 2. The van der Waals surface area contributed by atoms with E-state index in [1.807, 2.05) is 24.3 Å². The van der Waals surface area contributed by atoms with Crippen molar-refractivity contribution in [1.29, 1.82) is 0 Å². The van der Waals surface area contributed by atoms with E-state index in [1.54, 1.807) is 19.5 Å². The molecule has 4 nitrogen and oxygen atoms in total. The third kappa shape index (κ3) is 2.01. The van der Waals surface area contributed by atoms with Crippen molar-refractivity contribution in [3.63, 3.8) is 0 Å². The molecule has 0 radical (unpaired) electrons. The molecule has 4 heteroatoms. The first-order chi connectivity index (χ1) is 7.83. The number of methoxy groups -OCH3 is 1. The van der Waals surface area contributed by atoms with E-state index in [0.717, 1.165) is 11.1 Å². The highest BCUT2D eigenvalue weighted by Gasteiger charge is 2.08. The van der Waals surface area contributed by atoms with Gasteiger partial charge in [-0.2, -0.15) is 0 Å². The molecular weight excluding hydrogens is 202 g/mol. The zero-order valence-electron chi connectivity index (χ0n) is 9.05. The molecule has 16 heavy (non-hydrogen) atoms. The first kappa shape index (κ1) is 10.6. The second-order valence-electron chi connectivity index (χ2n) is 3.38. The Labute approximate surface area is 94.1 Å². The first-order valence-corrected chi connectivity index (χ1v) is 4.96. The number of nitrogens with two attached hydrogens (primary N) is 1. The maximum Gasteiger partial charge on any atom is 0.149 e. The van der Waals surface area contributed by atoms with Gasteiger partial charge in [0.25, 0.3) is 0 Å². The van der Waals surface area contributed by atoms with Crippen LogP contribution in [0.2, 0.25) is 0 Å². The summed E-state index contributed by atoms with van der Waals surface area (Å²) < 4.78 is 5.14. The molecule has 0 aliphatic rings. The summed E-state index contributed by atoms with van der Waals surface area (Å²) in [4.78, 5) is 8.28. The Balaban J connectivity index is 2.51. The fourth-order valence-corrected chi connectivity index (χ4v) is 1.59. The maximum atomic E-state index is 5.80. The molecule has 2 aromatic rings. The minimum atomic E-state index is 0.436. The topological polar surface area (TPSA) is 61.0 Å². The van der Waals surface area contributed by atoms with Crippen LogP contribution in [0.4, 0.5) is 5.82 Å². The van der Waals surface area contributed by atoms with Crippen LogP contribution in [0.3, 0.4) is 0 Å². The largest absolute Gasteiger partial charge is 0.382 e. The number of nitrogen functional groups attached to an aromatic ring is 1. The fraction of sp³-hybridized carbons (Fsp3) is 0.167. The van der Waals surface area contributed by atoms with Crippen LogP contribution in [0.15, 0.2) is 36.7 Å². The van der Waals surface area contributed by atoms with E-state index in [4.69, 9.17) is 10.5 Å². The summed E-state index contributed by atoms with van der Waals surface area (Å²) in [6.45, 7) is 0.534. The van der Waals surface area contributed by atoms with E-state index >= 15 is 0 Å². The van der Waals surface area contributed by atoms with E-state index in [2.05, 4.69) is 9.97 Å². The van der Waals surface area contributed by atoms with Gasteiger partial charge >= 0.3 is 0 Å². The van der Waals surface area contributed by atoms with Crippen molar-refractivity contribution in [3.05, 3.63) is 42.2 Å². The van der Waals surface area contributed by atoms with E-state index in [9.17, 15) is 0 Å². The number of hydrogen-bond donors (Lipinski definition) is 1. The fourth-order valence-electron chi connectivity index (χ4n) is 1.59. The van der Waals surface area contributed by atoms with Crippen molar-refractivity contribution in [2.75, 3.05) is 12.8 Å². The Morgan fingerprint density at radius 2 is 1.94 bits per heavy atom. The molecule has 0 atom stereocenters. The zero-order valence-corrected chi connectivity index (χ0v) is 9.05. The summed E-state index contributed by atoms with van der Waals surface area (Å²) in [7, 11) is 1.66. The Morgan fingerprint density at radius 1 is 1.19 bits per heavy atom. The lowest BCUT2D eigenvalue weighted by atomic mass is 10.0. The number of ether oxygens (including phenoxy) is 1. The third-order valence-electron chi connectivity index (χ3n) is 2.30. The molecular formula is C12H13N3O. The van der Waals surface area contributed by atoms with Crippen molar-refractivity contribution < 1.29 is 4.74 Å². The van der Waals surface area contributed by atoms with Crippen LogP contribution in [-0.2, 0) is 11.3 Å². The van der Waals surface area contributed by atoms with Crippen LogP contribution in [0.1, 0.15) is 5.56 Å². The molecule has 82 valence electrons. The molecule has 0 bridgehead atoms. The monoisotopic (exact) mass is 215 g/mol. The van der Waals surface area contributed by atoms with Crippen LogP contribution in [-0.4, -0.2) is 17.1 Å². The van der Waals surface area contributed by atoms with Gasteiger partial charge in [-0.05, 0) is 5.56 Å². The van der Waals surface area contributed by atoms with Crippen LogP contribution < -0.4 is 5.73 Å². The Morgan fingerprint density at radius 3 is 2.69 bits per heavy atom. The number of aromatic nitrogens is 2. The van der Waals surface area contributed by atoms with Gasteiger partial charge in [-0.25, -0.2) is 4.98 Å². The standard InChI is InChI=1S/C12H13N3O/c1-16-8-9-4-2-3-5-10(9)11-12(13)15-7-6-14-11/h2-7H,8H2,1H3,(H2,13,15). The lowest BCUT2D eigenvalue weighted by Gasteiger charge is -2.09. The summed E-state index contributed by atoms with van der Waals surface area (Å²) in [5.41, 5.74) is 8.53. The molecule has 1 aromatic carbocycles. The summed E-state index contributed by atoms with van der Waals surface area (Å²) in [6, 6.07) is 7.87. The zero-order chi connectivity index (χ0) is 11.4. The highest BCUT2D eigenvalue weighted by molar-refractivity contribution is 5.72. The highest BCUT2D eigenvalue weighted by Crippen LogP contribution is 2.25. The van der Waals surface area contributed by atoms with Crippen LogP contribution in [0.5, 0.6) is 0 Å². The van der Waals surface area contributed by atoms with Crippen molar-refractivity contribution >= 4 is 5.82 Å². The van der Waals surface area contributed by atoms with Gasteiger partial charge in [-0.1, -0.05) is 24.3 Å². The molecule has 0 unspecified atom stereocenters. The second kappa shape index (κ2) is 4.72. The van der Waals surface area contributed by atoms with Crippen molar-refractivity contribution in [2.24, 2.45) is 0 Å². The highest BCUT2D eigenvalue weighted by atomic mass is 16.5. The quantitative estimate of drug-likeness (QED) is 0.849. The molecule has 0 fully saturated rings. The van der Waals surface area contributed by atoms with Gasteiger partial charge in [0.05, 0.1) is 6.61 Å². The smallest absolute Gasteiger partial charge is 0.149 e. The Kier molecular flexibility index (Phi) is 3.12. The first-order valence-electron chi connectivity index (χ1n) is 4.96. The number of anilines is 1. The van der Waals surface area contributed by atoms with Crippen molar-refractivity contribution in [1.82, 2.24) is 9.97 Å². The van der Waals surface area contributed by atoms with Crippen LogP contribution in [0, 0.1) is 0 Å². The molecule has 1 heterocycles. The Bertz CT molecular complexity index is 485. The van der Waals surface area contributed by atoms with Crippen LogP contribution in [0.25, 0.3) is 11.3 Å². The summed E-state index contributed by atoms with van der Waals surface area (Å²) in [5.74, 6) is 0.436. The number of hydrogen-bond acceptors (Lipinski definition) is 4. The van der Waals surface area contributed by atoms with E-state index < -0.39 is 0 Å². The van der Waals surface area contributed by atoms with Gasteiger partial charge in [0.15, 0.2) is 0 Å². The minimum absolute atomic E-state index is 0.436. The third-order valence-corrected chi connectivity index (χ3v) is 2.30. The predicted octanol–water partition coefficient (Wildman–Crippen LogP) is 1.87. The van der Waals surface area contributed by atoms with E-state index in [1.165, 1.54) is 0 Å². The van der Waals surface area contributed by atoms with Gasteiger partial charge < -0.3 is 10.5 Å². The average Bonchev–Trinajstić information content (AvgIpc) is 2.31. The lowest BCUT2D eigenvalue weighted by Crippen LogP contribution is -1.99. The van der Waals surface area contributed by atoms with Gasteiger partial charge in [0, 0.05) is 25.1 Å². The molecule has 1 aromatic heterocycles.